The lowest BCUT2D eigenvalue weighted by Gasteiger charge is -2.12. The molecule has 102 valence electrons. The highest BCUT2D eigenvalue weighted by molar-refractivity contribution is 6.61. The Bertz CT molecular complexity index is 498. The molecule has 0 spiro atoms. The largest absolute Gasteiger partial charge is 0.495 e. The van der Waals surface area contributed by atoms with Crippen molar-refractivity contribution < 1.29 is 28.7 Å². The van der Waals surface area contributed by atoms with Crippen LogP contribution in [0.2, 0.25) is 0 Å². The Morgan fingerprint density at radius 1 is 1.53 bits per heavy atom. The molecule has 4 N–H and O–H groups in total. The Morgan fingerprint density at radius 3 is 2.95 bits per heavy atom. The molecule has 0 amide bonds. The van der Waals surface area contributed by atoms with Gasteiger partial charge in [0.1, 0.15) is 24.2 Å². The first kappa shape index (κ1) is 13.8. The van der Waals surface area contributed by atoms with E-state index < -0.39 is 24.9 Å². The fourth-order valence-corrected chi connectivity index (χ4v) is 1.82. The van der Waals surface area contributed by atoms with E-state index >= 15 is 0 Å². The van der Waals surface area contributed by atoms with Gasteiger partial charge in [-0.3, -0.25) is 4.79 Å². The Hall–Kier alpha value is -1.64. The fourth-order valence-electron chi connectivity index (χ4n) is 1.82. The highest BCUT2D eigenvalue weighted by Crippen LogP contribution is 2.18. The van der Waals surface area contributed by atoms with Crippen LogP contribution in [-0.2, 0) is 15.9 Å². The smallest absolute Gasteiger partial charge is 0.492 e. The molecule has 0 saturated carbocycles. The summed E-state index contributed by atoms with van der Waals surface area (Å²) in [6.07, 6.45) is -0.179. The van der Waals surface area contributed by atoms with Gasteiger partial charge in [-0.1, -0.05) is 6.07 Å². The van der Waals surface area contributed by atoms with Crippen molar-refractivity contribution in [1.82, 2.24) is 0 Å². The van der Waals surface area contributed by atoms with Gasteiger partial charge in [-0.05, 0) is 5.56 Å². The molecule has 0 aromatic heterocycles. The van der Waals surface area contributed by atoms with Gasteiger partial charge in [0.25, 0.3) is 0 Å². The van der Waals surface area contributed by atoms with Crippen molar-refractivity contribution in [3.8, 4) is 5.75 Å². The zero-order valence-corrected chi connectivity index (χ0v) is 10.0. The third-order valence-corrected chi connectivity index (χ3v) is 2.82. The number of carboxylic acid groups (broad SMARTS) is 1. The lowest BCUT2D eigenvalue weighted by Crippen LogP contribution is -2.35. The van der Waals surface area contributed by atoms with Gasteiger partial charge in [0, 0.05) is 17.9 Å². The molecule has 1 aromatic carbocycles. The van der Waals surface area contributed by atoms with E-state index in [4.69, 9.17) is 20.2 Å². The molecule has 1 heterocycles. The van der Waals surface area contributed by atoms with Gasteiger partial charge in [0.15, 0.2) is 0 Å². The normalized spacial score (nSPS) is 16.3. The standard InChI is InChI=1S/C11H13BFNO5/c13-8-5-10-7(12(17)19-2-1-18-10)3-6(8)4-9(14)11(15)16/h3,5,9,17H,1-2,4,14H2,(H,15,16)/t9-/m0/s1. The van der Waals surface area contributed by atoms with Gasteiger partial charge in [0.2, 0.25) is 0 Å². The van der Waals surface area contributed by atoms with E-state index in [-0.39, 0.29) is 36.4 Å². The second-order valence-corrected chi connectivity index (χ2v) is 4.20. The van der Waals surface area contributed by atoms with Gasteiger partial charge >= 0.3 is 13.1 Å². The van der Waals surface area contributed by atoms with Crippen LogP contribution in [0.1, 0.15) is 5.56 Å². The van der Waals surface area contributed by atoms with Crippen LogP contribution in [0, 0.1) is 5.82 Å². The zero-order chi connectivity index (χ0) is 14.0. The number of fused-ring (bicyclic) bond motifs is 1. The second kappa shape index (κ2) is 5.56. The Balaban J connectivity index is 2.33. The molecule has 8 heteroatoms. The lowest BCUT2D eigenvalue weighted by molar-refractivity contribution is -0.138. The average Bonchev–Trinajstić information content (AvgIpc) is 2.52. The summed E-state index contributed by atoms with van der Waals surface area (Å²) in [5.41, 5.74) is 5.74. The Morgan fingerprint density at radius 2 is 2.26 bits per heavy atom. The first-order valence-electron chi connectivity index (χ1n) is 5.72. The van der Waals surface area contributed by atoms with E-state index in [1.807, 2.05) is 0 Å². The van der Waals surface area contributed by atoms with E-state index in [9.17, 15) is 14.2 Å². The summed E-state index contributed by atoms with van der Waals surface area (Å²) in [6, 6.07) is 1.22. The van der Waals surface area contributed by atoms with E-state index in [0.717, 1.165) is 6.07 Å². The molecular weight excluding hydrogens is 256 g/mol. The summed E-state index contributed by atoms with van der Waals surface area (Å²) in [4.78, 5) is 10.7. The van der Waals surface area contributed by atoms with Crippen LogP contribution in [0.15, 0.2) is 12.1 Å². The number of hydrogen-bond donors (Lipinski definition) is 3. The molecule has 0 radical (unpaired) electrons. The summed E-state index contributed by atoms with van der Waals surface area (Å²) >= 11 is 0. The second-order valence-electron chi connectivity index (χ2n) is 4.20. The predicted molar refractivity (Wildman–Crippen MR) is 64.8 cm³/mol. The van der Waals surface area contributed by atoms with Crippen molar-refractivity contribution in [3.63, 3.8) is 0 Å². The van der Waals surface area contributed by atoms with Crippen LogP contribution in [-0.4, -0.2) is 42.5 Å². The van der Waals surface area contributed by atoms with Gasteiger partial charge in [0.05, 0.1) is 6.61 Å². The molecule has 0 aliphatic carbocycles. The Kier molecular flexibility index (Phi) is 4.03. The Labute approximate surface area is 109 Å². The van der Waals surface area contributed by atoms with E-state index in [0.29, 0.717) is 0 Å². The molecule has 1 aliphatic heterocycles. The molecule has 19 heavy (non-hydrogen) atoms. The summed E-state index contributed by atoms with van der Waals surface area (Å²) in [5, 5.41) is 18.5. The lowest BCUT2D eigenvalue weighted by atomic mass is 9.77. The molecule has 1 aliphatic rings. The summed E-state index contributed by atoms with van der Waals surface area (Å²) in [5.74, 6) is -1.65. The van der Waals surface area contributed by atoms with Crippen molar-refractivity contribution in [1.29, 1.82) is 0 Å². The minimum absolute atomic E-state index is 0.0989. The topological polar surface area (TPSA) is 102 Å². The van der Waals surface area contributed by atoms with Gasteiger partial charge in [-0.15, -0.1) is 0 Å². The van der Waals surface area contributed by atoms with Crippen LogP contribution < -0.4 is 15.9 Å². The van der Waals surface area contributed by atoms with Crippen molar-refractivity contribution >= 4 is 18.6 Å². The minimum atomic E-state index is -1.22. The van der Waals surface area contributed by atoms with Gasteiger partial charge < -0.3 is 25.3 Å². The van der Waals surface area contributed by atoms with Crippen molar-refractivity contribution in [2.24, 2.45) is 5.73 Å². The summed E-state index contributed by atoms with van der Waals surface area (Å²) in [7, 11) is -1.22. The quantitative estimate of drug-likeness (QED) is 0.600. The molecule has 0 unspecified atom stereocenters. The van der Waals surface area contributed by atoms with Crippen LogP contribution in [0.4, 0.5) is 4.39 Å². The molecule has 2 rings (SSSR count). The third-order valence-electron chi connectivity index (χ3n) is 2.82. The van der Waals surface area contributed by atoms with Crippen molar-refractivity contribution in [2.45, 2.75) is 12.5 Å². The van der Waals surface area contributed by atoms with Crippen LogP contribution >= 0.6 is 0 Å². The van der Waals surface area contributed by atoms with Crippen LogP contribution in [0.25, 0.3) is 0 Å². The molecule has 0 fully saturated rings. The third kappa shape index (κ3) is 3.03. The van der Waals surface area contributed by atoms with Crippen LogP contribution in [0.5, 0.6) is 5.75 Å². The number of halogens is 1. The number of carboxylic acids is 1. The van der Waals surface area contributed by atoms with Gasteiger partial charge in [-0.2, -0.15) is 0 Å². The highest BCUT2D eigenvalue weighted by Gasteiger charge is 2.27. The van der Waals surface area contributed by atoms with Crippen LogP contribution in [0.3, 0.4) is 0 Å². The molecule has 1 aromatic rings. The predicted octanol–water partition coefficient (Wildman–Crippen LogP) is -1.12. The highest BCUT2D eigenvalue weighted by atomic mass is 19.1. The SMILES string of the molecule is N[C@@H](Cc1cc2c(cc1F)OCCOB2O)C(=O)O. The first-order chi connectivity index (χ1) is 8.99. The van der Waals surface area contributed by atoms with E-state index in [2.05, 4.69) is 0 Å². The minimum Gasteiger partial charge on any atom is -0.492 e. The number of aliphatic carboxylic acids is 1. The number of rotatable bonds is 3. The zero-order valence-electron chi connectivity index (χ0n) is 10.0. The van der Waals surface area contributed by atoms with Crippen molar-refractivity contribution in [2.75, 3.05) is 13.2 Å². The maximum Gasteiger partial charge on any atom is 0.495 e. The monoisotopic (exact) mass is 269 g/mol. The molecule has 0 bridgehead atoms. The molecule has 1 atom stereocenters. The average molecular weight is 269 g/mol. The maximum atomic E-state index is 13.8. The first-order valence-corrected chi connectivity index (χ1v) is 5.72. The number of nitrogens with two attached hydrogens (primary N) is 1. The number of hydrogen-bond acceptors (Lipinski definition) is 5. The maximum absolute atomic E-state index is 13.8. The van der Waals surface area contributed by atoms with E-state index in [1.54, 1.807) is 0 Å². The number of benzene rings is 1. The van der Waals surface area contributed by atoms with E-state index in [1.165, 1.54) is 6.07 Å². The summed E-state index contributed by atoms with van der Waals surface area (Å²) < 4.78 is 24.1. The molecular formula is C11H13BFNO5. The number of carbonyl (C=O) groups is 1. The van der Waals surface area contributed by atoms with Gasteiger partial charge in [-0.25, -0.2) is 4.39 Å². The van der Waals surface area contributed by atoms with Crippen molar-refractivity contribution in [3.05, 3.63) is 23.5 Å². The summed E-state index contributed by atoms with van der Waals surface area (Å²) in [6.45, 7) is 0.388. The molecule has 6 nitrogen and oxygen atoms in total. The number of ether oxygens (including phenoxy) is 1. The fraction of sp³-hybridized carbons (Fsp3) is 0.364. The molecule has 0 saturated heterocycles.